The summed E-state index contributed by atoms with van der Waals surface area (Å²) in [6.07, 6.45) is 3.21. The van der Waals surface area contributed by atoms with Gasteiger partial charge in [-0.3, -0.25) is 4.79 Å². The predicted octanol–water partition coefficient (Wildman–Crippen LogP) is 2.15. The van der Waals surface area contributed by atoms with Crippen molar-refractivity contribution >= 4 is 33.6 Å². The number of nitrogens with two attached hydrogens (primary N) is 1. The Morgan fingerprint density at radius 3 is 2.61 bits per heavy atom. The van der Waals surface area contributed by atoms with E-state index >= 15 is 0 Å². The van der Waals surface area contributed by atoms with Crippen molar-refractivity contribution in [2.24, 2.45) is 11.1 Å². The van der Waals surface area contributed by atoms with Crippen LogP contribution < -0.4 is 5.73 Å². The second kappa shape index (κ2) is 5.35. The summed E-state index contributed by atoms with van der Waals surface area (Å²) >= 11 is 4.62. The first-order valence-electron chi connectivity index (χ1n) is 5.42. The summed E-state index contributed by atoms with van der Waals surface area (Å²) < 4.78 is 14.3. The van der Waals surface area contributed by atoms with E-state index in [1.54, 1.807) is 26.2 Å². The number of hydrogen-bond acceptors (Lipinski definition) is 3. The molecule has 18 heavy (non-hydrogen) atoms. The highest BCUT2D eigenvalue weighted by Crippen LogP contribution is 2.54. The summed E-state index contributed by atoms with van der Waals surface area (Å²) in [5.41, 5.74) is 4.39. The number of amides is 1. The van der Waals surface area contributed by atoms with Crippen molar-refractivity contribution in [1.82, 2.24) is 0 Å². The van der Waals surface area contributed by atoms with E-state index in [0.717, 1.165) is 0 Å². The Morgan fingerprint density at radius 2 is 2.22 bits per heavy atom. The fourth-order valence-electron chi connectivity index (χ4n) is 2.18. The highest BCUT2D eigenvalue weighted by Gasteiger charge is 2.55. The van der Waals surface area contributed by atoms with Gasteiger partial charge in [-0.1, -0.05) is 29.8 Å². The molecule has 1 amide bonds. The van der Waals surface area contributed by atoms with Gasteiger partial charge in [0.1, 0.15) is 0 Å². The molecule has 0 aromatic rings. The zero-order chi connectivity index (χ0) is 14.1. The van der Waals surface area contributed by atoms with Crippen LogP contribution in [0.15, 0.2) is 22.2 Å². The third-order valence-electron chi connectivity index (χ3n) is 3.40. The molecule has 0 saturated carbocycles. The van der Waals surface area contributed by atoms with Crippen LogP contribution in [0.1, 0.15) is 13.8 Å². The van der Waals surface area contributed by atoms with Crippen molar-refractivity contribution in [3.63, 3.8) is 0 Å². The van der Waals surface area contributed by atoms with Gasteiger partial charge in [0.2, 0.25) is 5.91 Å². The van der Waals surface area contributed by atoms with Gasteiger partial charge in [-0.15, -0.1) is 11.8 Å². The molecule has 1 aliphatic carbocycles. The predicted molar refractivity (Wildman–Crippen MR) is 76.3 cm³/mol. The van der Waals surface area contributed by atoms with E-state index < -0.39 is 22.2 Å². The smallest absolute Gasteiger partial charge is 0.247 e. The number of primary amides is 1. The second-order valence-corrected chi connectivity index (χ2v) is 6.75. The molecule has 0 fully saturated rings. The normalized spacial score (nSPS) is 28.7. The summed E-state index contributed by atoms with van der Waals surface area (Å²) in [6, 6.07) is 0. The zero-order valence-corrected chi connectivity index (χ0v) is 12.9. The molecule has 0 heterocycles. The largest absolute Gasteiger partial charge is 0.396 e. The summed E-state index contributed by atoms with van der Waals surface area (Å²) in [5.74, 6) is -0.772. The number of rotatable bonds is 4. The highest BCUT2D eigenvalue weighted by atomic mass is 79.9. The monoisotopic (exact) mass is 337 g/mol. The van der Waals surface area contributed by atoms with Crippen LogP contribution in [0.3, 0.4) is 0 Å². The lowest BCUT2D eigenvalue weighted by Crippen LogP contribution is -2.54. The van der Waals surface area contributed by atoms with Crippen molar-refractivity contribution in [3.8, 4) is 0 Å². The van der Waals surface area contributed by atoms with E-state index in [1.165, 1.54) is 17.8 Å². The lowest BCUT2D eigenvalue weighted by atomic mass is 9.72. The molecule has 0 aliphatic heterocycles. The Morgan fingerprint density at radius 1 is 1.67 bits per heavy atom. The van der Waals surface area contributed by atoms with Crippen LogP contribution in [0.4, 0.5) is 4.39 Å². The van der Waals surface area contributed by atoms with Gasteiger partial charge in [-0.05, 0) is 18.4 Å². The summed E-state index contributed by atoms with van der Waals surface area (Å²) in [7, 11) is 0. The fourth-order valence-corrected chi connectivity index (χ4v) is 4.75. The molecule has 2 unspecified atom stereocenters. The van der Waals surface area contributed by atoms with Gasteiger partial charge in [0, 0.05) is 16.5 Å². The Balaban J connectivity index is 3.42. The Hall–Kier alpha value is -0.330. The van der Waals surface area contributed by atoms with Crippen LogP contribution in [0.25, 0.3) is 0 Å². The SMILES string of the molecule is CSC1(C(C)(C)CO)C(Br)=CC=C(C(N)=O)C1F. The molecule has 0 bridgehead atoms. The van der Waals surface area contributed by atoms with Crippen LogP contribution in [0, 0.1) is 5.41 Å². The summed E-state index contributed by atoms with van der Waals surface area (Å²) in [5, 5.41) is 9.54. The summed E-state index contributed by atoms with van der Waals surface area (Å²) in [4.78, 5) is 11.3. The van der Waals surface area contributed by atoms with Gasteiger partial charge < -0.3 is 10.8 Å². The lowest BCUT2D eigenvalue weighted by Gasteiger charge is -2.48. The van der Waals surface area contributed by atoms with E-state index in [1.807, 2.05) is 0 Å². The first-order valence-corrected chi connectivity index (χ1v) is 7.44. The Kier molecular flexibility index (Phi) is 4.67. The van der Waals surface area contributed by atoms with E-state index in [2.05, 4.69) is 15.9 Å². The molecule has 1 rings (SSSR count). The molecule has 1 aliphatic rings. The highest BCUT2D eigenvalue weighted by molar-refractivity contribution is 9.12. The number of aliphatic hydroxyl groups excluding tert-OH is 1. The minimum absolute atomic E-state index is 0.0610. The molecule has 0 saturated heterocycles. The van der Waals surface area contributed by atoms with Gasteiger partial charge in [0.05, 0.1) is 10.3 Å². The zero-order valence-electron chi connectivity index (χ0n) is 10.5. The van der Waals surface area contributed by atoms with E-state index in [0.29, 0.717) is 4.48 Å². The molecule has 102 valence electrons. The van der Waals surface area contributed by atoms with E-state index in [9.17, 15) is 14.3 Å². The van der Waals surface area contributed by atoms with Crippen molar-refractivity contribution in [2.75, 3.05) is 12.9 Å². The third kappa shape index (κ3) is 2.14. The van der Waals surface area contributed by atoms with Crippen molar-refractivity contribution < 1.29 is 14.3 Å². The molecule has 3 nitrogen and oxygen atoms in total. The second-order valence-electron chi connectivity index (χ2n) is 4.85. The van der Waals surface area contributed by atoms with Gasteiger partial charge in [-0.2, -0.15) is 0 Å². The average Bonchev–Trinajstić information content (AvgIpc) is 2.29. The van der Waals surface area contributed by atoms with Gasteiger partial charge in [0.15, 0.2) is 6.17 Å². The number of aliphatic hydroxyl groups is 1. The number of carbonyl (C=O) groups is 1. The quantitative estimate of drug-likeness (QED) is 0.826. The maximum Gasteiger partial charge on any atom is 0.247 e. The Labute approximate surface area is 119 Å². The standard InChI is InChI=1S/C12H17BrFNO2S/c1-11(2,6-16)12(18-3)8(13)5-4-7(9(12)14)10(15)17/h4-5,9,16H,6H2,1-3H3,(H2,15,17). The minimum Gasteiger partial charge on any atom is -0.396 e. The van der Waals surface area contributed by atoms with E-state index in [4.69, 9.17) is 5.73 Å². The van der Waals surface area contributed by atoms with Crippen LogP contribution >= 0.6 is 27.7 Å². The fraction of sp³-hybridized carbons (Fsp3) is 0.583. The average molecular weight is 338 g/mol. The number of carbonyl (C=O) groups excluding carboxylic acids is 1. The maximum absolute atomic E-state index is 14.8. The molecular formula is C12H17BrFNO2S. The minimum atomic E-state index is -1.56. The van der Waals surface area contributed by atoms with Crippen LogP contribution in [-0.2, 0) is 4.79 Å². The van der Waals surface area contributed by atoms with Crippen LogP contribution in [0.5, 0.6) is 0 Å². The molecule has 2 atom stereocenters. The number of halogens is 2. The van der Waals surface area contributed by atoms with Crippen molar-refractivity contribution in [1.29, 1.82) is 0 Å². The molecule has 0 spiro atoms. The molecule has 0 aromatic carbocycles. The van der Waals surface area contributed by atoms with Crippen molar-refractivity contribution in [2.45, 2.75) is 24.8 Å². The first-order chi connectivity index (χ1) is 8.24. The molecular weight excluding hydrogens is 321 g/mol. The van der Waals surface area contributed by atoms with Crippen LogP contribution in [-0.4, -0.2) is 34.8 Å². The van der Waals surface area contributed by atoms with Gasteiger partial charge in [-0.25, -0.2) is 4.39 Å². The Bertz CT molecular complexity index is 422. The van der Waals surface area contributed by atoms with Gasteiger partial charge in [0.25, 0.3) is 0 Å². The topological polar surface area (TPSA) is 63.3 Å². The maximum atomic E-state index is 14.8. The van der Waals surface area contributed by atoms with Gasteiger partial charge >= 0.3 is 0 Å². The molecule has 3 N–H and O–H groups in total. The first kappa shape index (κ1) is 15.7. The number of hydrogen-bond donors (Lipinski definition) is 2. The number of thioether (sulfide) groups is 1. The lowest BCUT2D eigenvalue weighted by molar-refractivity contribution is -0.115. The molecule has 6 heteroatoms. The molecule has 0 radical (unpaired) electrons. The van der Waals surface area contributed by atoms with Crippen LogP contribution in [0.2, 0.25) is 0 Å². The third-order valence-corrected chi connectivity index (χ3v) is 6.18. The molecule has 0 aromatic heterocycles. The number of alkyl halides is 1. The van der Waals surface area contributed by atoms with E-state index in [-0.39, 0.29) is 12.2 Å². The summed E-state index contributed by atoms with van der Waals surface area (Å²) in [6.45, 7) is 3.31. The number of allylic oxidation sites excluding steroid dienone is 2. The van der Waals surface area contributed by atoms with Crippen molar-refractivity contribution in [3.05, 3.63) is 22.2 Å².